The first kappa shape index (κ1) is 67.1. The minimum absolute atomic E-state index is 0.0263. The molecule has 4 heterocycles. The van der Waals surface area contributed by atoms with Crippen molar-refractivity contribution in [2.24, 2.45) is 40.9 Å². The van der Waals surface area contributed by atoms with Gasteiger partial charge in [0.15, 0.2) is 19.9 Å². The molecule has 452 valence electrons. The van der Waals surface area contributed by atoms with E-state index in [1.165, 1.54) is 12.0 Å². The third kappa shape index (κ3) is 17.9. The molecule has 1 amide bonds. The van der Waals surface area contributed by atoms with Gasteiger partial charge in [0.05, 0.1) is 37.6 Å². The second kappa shape index (κ2) is 29.2. The smallest absolute Gasteiger partial charge is 0.329 e. The molecule has 15 atom stereocenters. The molecule has 4 aliphatic heterocycles. The second-order valence-electron chi connectivity index (χ2n) is 25.7. The summed E-state index contributed by atoms with van der Waals surface area (Å²) in [5, 5.41) is 12.1. The number of rotatable bonds is 10. The average molecular weight is 1140 g/mol. The first-order chi connectivity index (χ1) is 37.5. The highest BCUT2D eigenvalue weighted by atomic mass is 28.4. The number of Topliss-reactive ketones (excluding diaryl/α,β-unsaturated/α-hetero) is 3. The summed E-state index contributed by atoms with van der Waals surface area (Å²) in [7, 11) is 2.36. The van der Waals surface area contributed by atoms with Crippen LogP contribution in [0.3, 0.4) is 0 Å². The Morgan fingerprint density at radius 3 is 2.14 bits per heavy atom. The molecule has 1 aliphatic carbocycles. The number of ether oxygens (including phenoxy) is 8. The monoisotopic (exact) mass is 1140 g/mol. The molecule has 1 saturated carbocycles. The number of cyclic esters (lactones) is 1. The van der Waals surface area contributed by atoms with E-state index in [0.29, 0.717) is 69.8 Å². The fraction of sp³-hybridized carbons (Fsp3) is 0.774. The van der Waals surface area contributed by atoms with Crippen molar-refractivity contribution in [3.05, 3.63) is 47.6 Å². The number of allylic oxidation sites excluding steroid dienone is 6. The first-order valence-electron chi connectivity index (χ1n) is 29.4. The lowest BCUT2D eigenvalue weighted by Gasteiger charge is -2.43. The van der Waals surface area contributed by atoms with Crippen LogP contribution in [0.2, 0.25) is 19.6 Å². The number of piperidine rings is 1. The molecule has 5 aliphatic rings. The van der Waals surface area contributed by atoms with E-state index in [9.17, 15) is 33.9 Å². The van der Waals surface area contributed by atoms with Gasteiger partial charge in [-0.1, -0.05) is 71.1 Å². The summed E-state index contributed by atoms with van der Waals surface area (Å²) in [5.74, 6) is -9.08. The highest BCUT2D eigenvalue weighted by Crippen LogP contribution is 2.40. The van der Waals surface area contributed by atoms with E-state index >= 15 is 0 Å². The zero-order chi connectivity index (χ0) is 59.5. The van der Waals surface area contributed by atoms with Crippen molar-refractivity contribution in [2.75, 3.05) is 41.1 Å². The van der Waals surface area contributed by atoms with Gasteiger partial charge in [-0.3, -0.25) is 24.0 Å². The molecule has 0 radical (unpaired) electrons. The van der Waals surface area contributed by atoms with E-state index in [1.54, 1.807) is 48.8 Å². The van der Waals surface area contributed by atoms with Crippen molar-refractivity contribution >= 4 is 43.5 Å². The molecule has 0 aromatic heterocycles. The van der Waals surface area contributed by atoms with Crippen LogP contribution < -0.4 is 0 Å². The van der Waals surface area contributed by atoms with Gasteiger partial charge in [-0.2, -0.15) is 0 Å². The summed E-state index contributed by atoms with van der Waals surface area (Å²) in [4.78, 5) is 87.6. The molecule has 1 N–H and O–H groups in total. The molecular formula is C62H99NO16Si. The molecular weight excluding hydrogens is 1040 g/mol. The van der Waals surface area contributed by atoms with E-state index < -0.39 is 115 Å². The zero-order valence-corrected chi connectivity index (χ0v) is 52.2. The Morgan fingerprint density at radius 1 is 0.812 bits per heavy atom. The number of amides is 1. The number of carbonyl (C=O) groups excluding carboxylic acids is 6. The maximum absolute atomic E-state index is 14.8. The Morgan fingerprint density at radius 2 is 1.50 bits per heavy atom. The second-order valence-corrected chi connectivity index (χ2v) is 30.2. The Balaban J connectivity index is 1.48. The fourth-order valence-corrected chi connectivity index (χ4v) is 13.0. The van der Waals surface area contributed by atoms with Gasteiger partial charge in [0.1, 0.15) is 35.6 Å². The maximum Gasteiger partial charge on any atom is 0.329 e. The van der Waals surface area contributed by atoms with Crippen LogP contribution in [0.25, 0.3) is 0 Å². The number of nitrogens with zero attached hydrogens (tertiary/aromatic N) is 1. The predicted octanol–water partition coefficient (Wildman–Crippen LogP) is 9.38. The lowest BCUT2D eigenvalue weighted by atomic mass is 9.78. The number of esters is 2. The Hall–Kier alpha value is -3.72. The van der Waals surface area contributed by atoms with Crippen LogP contribution in [-0.4, -0.2) is 155 Å². The lowest BCUT2D eigenvalue weighted by molar-refractivity contribution is -0.283. The van der Waals surface area contributed by atoms with Crippen molar-refractivity contribution < 1.29 is 76.2 Å². The van der Waals surface area contributed by atoms with Gasteiger partial charge in [-0.25, -0.2) is 4.79 Å². The average Bonchev–Trinajstić information content (AvgIpc) is 3.40. The van der Waals surface area contributed by atoms with Gasteiger partial charge >= 0.3 is 11.9 Å². The minimum Gasteiger partial charge on any atom is -0.460 e. The van der Waals surface area contributed by atoms with Crippen LogP contribution in [0.15, 0.2) is 47.6 Å². The van der Waals surface area contributed by atoms with E-state index in [0.717, 1.165) is 5.57 Å². The molecule has 3 saturated heterocycles. The number of aliphatic hydroxyl groups is 1. The lowest BCUT2D eigenvalue weighted by Crippen LogP contribution is -2.61. The summed E-state index contributed by atoms with van der Waals surface area (Å²) in [6, 6.07) is -1.17. The number of fused-ring (bicyclic) bond motifs is 3. The van der Waals surface area contributed by atoms with Crippen LogP contribution in [-0.2, 0) is 71.1 Å². The van der Waals surface area contributed by atoms with Gasteiger partial charge in [0.25, 0.3) is 11.7 Å². The molecule has 0 unspecified atom stereocenters. The van der Waals surface area contributed by atoms with E-state index in [1.807, 2.05) is 83.8 Å². The summed E-state index contributed by atoms with van der Waals surface area (Å²) >= 11 is 0. The van der Waals surface area contributed by atoms with Gasteiger partial charge < -0.3 is 52.3 Å². The van der Waals surface area contributed by atoms with Crippen molar-refractivity contribution in [3.8, 4) is 0 Å². The van der Waals surface area contributed by atoms with Crippen LogP contribution in [0.4, 0.5) is 0 Å². The summed E-state index contributed by atoms with van der Waals surface area (Å²) in [6.45, 7) is 25.0. The molecule has 17 nitrogen and oxygen atoms in total. The third-order valence-corrected chi connectivity index (χ3v) is 18.1. The normalized spacial score (nSPS) is 37.7. The Labute approximate surface area is 478 Å². The standard InChI is InChI=1S/C62H99NO16Si/c1-38-22-18-17-19-23-39(2)50(71-11)34-46-27-25-44(7)62(70,78-46)56(66)57(67)63-29-21-20-24-47(63)58(68)76-51(35-48(64)40(3)31-43(6)54(79-80(14,15)16)55(73-13)53(65)42(5)30-38)41(4)32-45-26-28-49(52(33-45)72-12)77-59(69)61(10)36-74-60(8,9)75-37-61/h17-19,22-23,31,38,40-42,44-47,49-52,54-55,70H,20-21,24-30,32-37H2,1-16H3/b19-17+,22-18+,39-23+,43-31+/t38-,40-,41+,42-,44-,45+,46+,47+,49-,50+,51+,52-,54-,55+,62-/m1/s1. The van der Waals surface area contributed by atoms with Crippen LogP contribution in [0.1, 0.15) is 146 Å². The Bertz CT molecular complexity index is 2260. The van der Waals surface area contributed by atoms with Crippen molar-refractivity contribution in [3.63, 3.8) is 0 Å². The SMILES string of the molecule is CO[C@H]1C[C@@H]2CC[C@@H](C)[C@@](O)(O2)C(=O)C(=O)N2CCCC[C@H]2C(=O)O[C@H]([C@@H](C)C[C@@H]2CC[C@@H](OC(=O)C3(C)COC(C)(C)OC3)[C@H](OC)C2)CC(=O)[C@H](C)/C=C(\C)[C@@H](O[Si](C)(C)C)[C@@H](OC)C(=O)[C@H](C)C[C@H](C)/C=C/C=C/C=C/1C. The van der Waals surface area contributed by atoms with Gasteiger partial charge in [-0.05, 0) is 147 Å². The number of ketones is 3. The summed E-state index contributed by atoms with van der Waals surface area (Å²) in [6.07, 6.45) is 12.0. The molecule has 4 fully saturated rings. The number of hydrogen-bond donors (Lipinski definition) is 1. The van der Waals surface area contributed by atoms with Crippen LogP contribution in [0.5, 0.6) is 0 Å². The third-order valence-electron chi connectivity index (χ3n) is 17.1. The molecule has 5 rings (SSSR count). The maximum atomic E-state index is 14.8. The van der Waals surface area contributed by atoms with E-state index in [-0.39, 0.29) is 61.9 Å². The van der Waals surface area contributed by atoms with Gasteiger partial charge in [0.2, 0.25) is 5.79 Å². The van der Waals surface area contributed by atoms with Crippen LogP contribution >= 0.6 is 0 Å². The number of carbonyl (C=O) groups is 6. The Kier molecular flexibility index (Phi) is 24.5. The number of methoxy groups -OCH3 is 3. The van der Waals surface area contributed by atoms with Gasteiger partial charge in [-0.15, -0.1) is 0 Å². The highest BCUT2D eigenvalue weighted by Gasteiger charge is 2.53. The molecule has 2 bridgehead atoms. The quantitative estimate of drug-likeness (QED) is 0.0935. The minimum atomic E-state index is -2.45. The molecule has 18 heteroatoms. The summed E-state index contributed by atoms with van der Waals surface area (Å²) in [5.41, 5.74) is 0.561. The van der Waals surface area contributed by atoms with Crippen molar-refractivity contribution in [1.82, 2.24) is 4.90 Å². The highest BCUT2D eigenvalue weighted by molar-refractivity contribution is 6.69. The summed E-state index contributed by atoms with van der Waals surface area (Å²) < 4.78 is 55.0. The predicted molar refractivity (Wildman–Crippen MR) is 305 cm³/mol. The van der Waals surface area contributed by atoms with Crippen molar-refractivity contribution in [1.29, 1.82) is 0 Å². The van der Waals surface area contributed by atoms with Gasteiger partial charge in [0, 0.05) is 58.5 Å². The molecule has 0 spiro atoms. The fourth-order valence-electron chi connectivity index (χ4n) is 11.9. The molecule has 80 heavy (non-hydrogen) atoms. The largest absolute Gasteiger partial charge is 0.460 e. The number of hydrogen-bond acceptors (Lipinski definition) is 16. The van der Waals surface area contributed by atoms with Crippen molar-refractivity contribution in [2.45, 2.75) is 226 Å². The van der Waals surface area contributed by atoms with E-state index in [4.69, 9.17) is 42.3 Å². The molecule has 0 aromatic rings. The zero-order valence-electron chi connectivity index (χ0n) is 51.2. The van der Waals surface area contributed by atoms with Crippen LogP contribution in [0, 0.1) is 40.9 Å². The van der Waals surface area contributed by atoms with E-state index in [2.05, 4.69) is 6.92 Å². The topological polar surface area (TPSA) is 209 Å². The molecule has 0 aromatic carbocycles. The first-order valence-corrected chi connectivity index (χ1v) is 32.8.